The lowest BCUT2D eigenvalue weighted by Crippen LogP contribution is -2.44. The van der Waals surface area contributed by atoms with E-state index in [-0.39, 0.29) is 6.42 Å². The molecule has 2 N–H and O–H groups in total. The van der Waals surface area contributed by atoms with Crippen molar-refractivity contribution < 1.29 is 19.4 Å². The van der Waals surface area contributed by atoms with E-state index in [0.29, 0.717) is 9.50 Å². The van der Waals surface area contributed by atoms with Crippen LogP contribution in [-0.4, -0.2) is 28.8 Å². The average molecular weight is 379 g/mol. The van der Waals surface area contributed by atoms with Gasteiger partial charge in [-0.3, -0.25) is 0 Å². The Morgan fingerprint density at radius 1 is 1.43 bits per heavy atom. The van der Waals surface area contributed by atoms with Crippen LogP contribution in [0, 0.1) is 0 Å². The Labute approximate surface area is 136 Å². The monoisotopic (exact) mass is 377 g/mol. The van der Waals surface area contributed by atoms with Crippen LogP contribution in [-0.2, 0) is 16.0 Å². The maximum absolute atomic E-state index is 11.7. The summed E-state index contributed by atoms with van der Waals surface area (Å²) in [5.74, 6) is -1.13. The number of carboxylic acids is 1. The van der Waals surface area contributed by atoms with Crippen LogP contribution in [0.5, 0.6) is 0 Å². The van der Waals surface area contributed by atoms with Crippen LogP contribution >= 0.6 is 27.5 Å². The van der Waals surface area contributed by atoms with Gasteiger partial charge in [0.15, 0.2) is 0 Å². The molecule has 1 amide bonds. The van der Waals surface area contributed by atoms with Crippen LogP contribution in [0.1, 0.15) is 26.3 Å². The van der Waals surface area contributed by atoms with Gasteiger partial charge in [-0.15, -0.1) is 0 Å². The maximum atomic E-state index is 11.7. The normalized spacial score (nSPS) is 12.6. The van der Waals surface area contributed by atoms with Crippen molar-refractivity contribution in [3.05, 3.63) is 33.3 Å². The van der Waals surface area contributed by atoms with Crippen molar-refractivity contribution in [2.24, 2.45) is 0 Å². The van der Waals surface area contributed by atoms with Crippen molar-refractivity contribution in [1.82, 2.24) is 5.32 Å². The van der Waals surface area contributed by atoms with Gasteiger partial charge in [0.25, 0.3) is 0 Å². The Morgan fingerprint density at radius 3 is 2.52 bits per heavy atom. The van der Waals surface area contributed by atoms with Gasteiger partial charge in [-0.1, -0.05) is 17.7 Å². The number of rotatable bonds is 4. The van der Waals surface area contributed by atoms with E-state index in [2.05, 4.69) is 21.2 Å². The third kappa shape index (κ3) is 6.35. The molecule has 0 fully saturated rings. The number of hydrogen-bond acceptors (Lipinski definition) is 3. The van der Waals surface area contributed by atoms with Gasteiger partial charge < -0.3 is 15.2 Å². The van der Waals surface area contributed by atoms with E-state index in [1.807, 2.05) is 0 Å². The number of benzene rings is 1. The zero-order valence-electron chi connectivity index (χ0n) is 11.9. The van der Waals surface area contributed by atoms with Gasteiger partial charge in [0.2, 0.25) is 0 Å². The molecule has 0 unspecified atom stereocenters. The maximum Gasteiger partial charge on any atom is 0.408 e. The zero-order valence-corrected chi connectivity index (χ0v) is 14.3. The fourth-order valence-electron chi connectivity index (χ4n) is 1.55. The molecule has 5 nitrogen and oxygen atoms in total. The molecule has 0 aromatic heterocycles. The zero-order chi connectivity index (χ0) is 16.2. The summed E-state index contributed by atoms with van der Waals surface area (Å²) in [7, 11) is 0. The predicted octanol–water partition coefficient (Wildman–Crippen LogP) is 3.62. The van der Waals surface area contributed by atoms with Crippen molar-refractivity contribution in [2.45, 2.75) is 38.8 Å². The van der Waals surface area contributed by atoms with Gasteiger partial charge >= 0.3 is 12.1 Å². The second-order valence-electron chi connectivity index (χ2n) is 5.49. The van der Waals surface area contributed by atoms with E-state index < -0.39 is 23.7 Å². The molecule has 0 saturated heterocycles. The van der Waals surface area contributed by atoms with Crippen molar-refractivity contribution in [3.63, 3.8) is 0 Å². The van der Waals surface area contributed by atoms with E-state index in [0.717, 1.165) is 5.56 Å². The minimum Gasteiger partial charge on any atom is -0.480 e. The number of nitrogens with one attached hydrogen (secondary N) is 1. The van der Waals surface area contributed by atoms with Gasteiger partial charge in [0.05, 0.1) is 5.02 Å². The lowest BCUT2D eigenvalue weighted by atomic mass is 10.1. The Morgan fingerprint density at radius 2 is 2.05 bits per heavy atom. The Kier molecular flexibility index (Phi) is 6.04. The fourth-order valence-corrected chi connectivity index (χ4v) is 2.10. The first kappa shape index (κ1) is 17.8. The topological polar surface area (TPSA) is 75.6 Å². The number of alkyl carbamates (subject to hydrolysis) is 1. The van der Waals surface area contributed by atoms with Crippen LogP contribution in [0.25, 0.3) is 0 Å². The summed E-state index contributed by atoms with van der Waals surface area (Å²) in [6.45, 7) is 5.12. The standard InChI is InChI=1S/C14H17BrClNO4/c1-14(2,3)21-13(20)17-11(12(18)19)7-8-4-5-10(16)9(15)6-8/h4-6,11H,7H2,1-3H3,(H,17,20)(H,18,19)/t11-/m1/s1. The van der Waals surface area contributed by atoms with Gasteiger partial charge in [-0.05, 0) is 54.4 Å². The summed E-state index contributed by atoms with van der Waals surface area (Å²) in [6.07, 6.45) is -0.632. The number of carbonyl (C=O) groups is 2. The SMILES string of the molecule is CC(C)(C)OC(=O)N[C@H](Cc1ccc(Cl)c(Br)c1)C(=O)O. The first-order chi connectivity index (χ1) is 9.58. The summed E-state index contributed by atoms with van der Waals surface area (Å²) >= 11 is 9.16. The van der Waals surface area contributed by atoms with E-state index in [1.165, 1.54) is 0 Å². The minimum atomic E-state index is -1.13. The molecular formula is C14H17BrClNO4. The quantitative estimate of drug-likeness (QED) is 0.839. The molecule has 7 heteroatoms. The molecule has 0 aliphatic rings. The molecule has 0 aliphatic heterocycles. The van der Waals surface area contributed by atoms with Gasteiger partial charge in [-0.2, -0.15) is 0 Å². The number of hydrogen-bond donors (Lipinski definition) is 2. The number of carbonyl (C=O) groups excluding carboxylic acids is 1. The fraction of sp³-hybridized carbons (Fsp3) is 0.429. The molecule has 0 saturated carbocycles. The van der Waals surface area contributed by atoms with Crippen molar-refractivity contribution in [1.29, 1.82) is 0 Å². The predicted molar refractivity (Wildman–Crippen MR) is 83.6 cm³/mol. The van der Waals surface area contributed by atoms with E-state index in [1.54, 1.807) is 39.0 Å². The van der Waals surface area contributed by atoms with Crippen molar-refractivity contribution in [2.75, 3.05) is 0 Å². The highest BCUT2D eigenvalue weighted by Crippen LogP contribution is 2.23. The first-order valence-corrected chi connectivity index (χ1v) is 7.42. The van der Waals surface area contributed by atoms with Gasteiger partial charge in [0, 0.05) is 10.9 Å². The smallest absolute Gasteiger partial charge is 0.408 e. The highest BCUT2D eigenvalue weighted by atomic mass is 79.9. The molecule has 1 rings (SSSR count). The number of amides is 1. The molecule has 0 radical (unpaired) electrons. The van der Waals surface area contributed by atoms with Gasteiger partial charge in [-0.25, -0.2) is 9.59 Å². The summed E-state index contributed by atoms with van der Waals surface area (Å²) in [5, 5.41) is 12.1. The molecule has 0 bridgehead atoms. The third-order valence-corrected chi connectivity index (χ3v) is 3.63. The third-order valence-electron chi connectivity index (χ3n) is 2.41. The Bertz CT molecular complexity index is 542. The molecule has 1 atom stereocenters. The number of halogens is 2. The molecule has 0 spiro atoms. The van der Waals surface area contributed by atoms with Crippen molar-refractivity contribution >= 4 is 39.6 Å². The van der Waals surface area contributed by atoms with Crippen LogP contribution in [0.3, 0.4) is 0 Å². The Balaban J connectivity index is 2.76. The Hall–Kier alpha value is -1.27. The van der Waals surface area contributed by atoms with E-state index in [9.17, 15) is 14.7 Å². The number of aliphatic carboxylic acids is 1. The molecule has 0 heterocycles. The molecule has 21 heavy (non-hydrogen) atoms. The van der Waals surface area contributed by atoms with Gasteiger partial charge in [0.1, 0.15) is 11.6 Å². The van der Waals surface area contributed by atoms with Crippen LogP contribution in [0.2, 0.25) is 5.02 Å². The number of carboxylic acid groups (broad SMARTS) is 1. The van der Waals surface area contributed by atoms with Crippen molar-refractivity contribution in [3.8, 4) is 0 Å². The molecule has 1 aromatic carbocycles. The molecular weight excluding hydrogens is 362 g/mol. The van der Waals surface area contributed by atoms with E-state index >= 15 is 0 Å². The largest absolute Gasteiger partial charge is 0.480 e. The molecule has 1 aromatic rings. The van der Waals surface area contributed by atoms with E-state index in [4.69, 9.17) is 16.3 Å². The number of ether oxygens (including phenoxy) is 1. The van der Waals surface area contributed by atoms with Crippen LogP contribution < -0.4 is 5.32 Å². The molecule has 116 valence electrons. The summed E-state index contributed by atoms with van der Waals surface area (Å²) in [4.78, 5) is 22.9. The summed E-state index contributed by atoms with van der Waals surface area (Å²) in [6, 6.07) is 4.01. The highest BCUT2D eigenvalue weighted by Gasteiger charge is 2.24. The first-order valence-electron chi connectivity index (χ1n) is 6.25. The lowest BCUT2D eigenvalue weighted by molar-refractivity contribution is -0.139. The van der Waals surface area contributed by atoms with Crippen LogP contribution in [0.15, 0.2) is 22.7 Å². The highest BCUT2D eigenvalue weighted by molar-refractivity contribution is 9.10. The minimum absolute atomic E-state index is 0.129. The lowest BCUT2D eigenvalue weighted by Gasteiger charge is -2.22. The average Bonchev–Trinajstić information content (AvgIpc) is 2.30. The second kappa shape index (κ2) is 7.13. The van der Waals surface area contributed by atoms with Crippen LogP contribution in [0.4, 0.5) is 4.79 Å². The summed E-state index contributed by atoms with van der Waals surface area (Å²) in [5.41, 5.74) is 0.0471. The second-order valence-corrected chi connectivity index (χ2v) is 6.75. The molecule has 0 aliphatic carbocycles. The summed E-state index contributed by atoms with van der Waals surface area (Å²) < 4.78 is 5.72.